The molecule has 1 aliphatic rings. The molecule has 0 unspecified atom stereocenters. The average molecular weight is 410 g/mol. The van der Waals surface area contributed by atoms with Gasteiger partial charge in [0.05, 0.1) is 5.69 Å². The van der Waals surface area contributed by atoms with E-state index in [1.807, 2.05) is 47.8 Å². The highest BCUT2D eigenvalue weighted by molar-refractivity contribution is 7.13. The standard InChI is InChI=1S/C22H23N3O3S/c26-21(24-22-23-17(16-29-22)14-25-12-4-5-13-25)15-27-18-8-10-20(11-9-18)28-19-6-2-1-3-7-19/h1-3,6-11,16H,4-5,12-15H2,(H,23,24,26). The van der Waals surface area contributed by atoms with Crippen LogP contribution in [0.3, 0.4) is 0 Å². The summed E-state index contributed by atoms with van der Waals surface area (Å²) in [6.07, 6.45) is 2.51. The normalized spacial score (nSPS) is 13.9. The summed E-state index contributed by atoms with van der Waals surface area (Å²) in [5.74, 6) is 1.86. The van der Waals surface area contributed by atoms with Crippen LogP contribution in [0.5, 0.6) is 17.2 Å². The molecule has 0 radical (unpaired) electrons. The molecule has 1 aliphatic heterocycles. The van der Waals surface area contributed by atoms with Crippen LogP contribution in [0.15, 0.2) is 60.0 Å². The Morgan fingerprint density at radius 3 is 2.45 bits per heavy atom. The topological polar surface area (TPSA) is 63.7 Å². The molecular formula is C22H23N3O3S. The van der Waals surface area contributed by atoms with Crippen LogP contribution >= 0.6 is 11.3 Å². The van der Waals surface area contributed by atoms with Crippen molar-refractivity contribution in [1.82, 2.24) is 9.88 Å². The van der Waals surface area contributed by atoms with Crippen LogP contribution in [0, 0.1) is 0 Å². The van der Waals surface area contributed by atoms with E-state index in [9.17, 15) is 4.79 Å². The third-order valence-electron chi connectivity index (χ3n) is 4.55. The van der Waals surface area contributed by atoms with Crippen molar-refractivity contribution in [2.75, 3.05) is 25.0 Å². The Morgan fingerprint density at radius 1 is 1.00 bits per heavy atom. The fourth-order valence-corrected chi connectivity index (χ4v) is 3.86. The lowest BCUT2D eigenvalue weighted by molar-refractivity contribution is -0.118. The van der Waals surface area contributed by atoms with E-state index in [0.29, 0.717) is 16.6 Å². The number of rotatable bonds is 8. The van der Waals surface area contributed by atoms with Crippen LogP contribution < -0.4 is 14.8 Å². The minimum Gasteiger partial charge on any atom is -0.484 e. The van der Waals surface area contributed by atoms with E-state index < -0.39 is 0 Å². The van der Waals surface area contributed by atoms with Crippen molar-refractivity contribution >= 4 is 22.4 Å². The van der Waals surface area contributed by atoms with Gasteiger partial charge in [-0.15, -0.1) is 11.3 Å². The predicted molar refractivity (Wildman–Crippen MR) is 114 cm³/mol. The van der Waals surface area contributed by atoms with Crippen LogP contribution in [-0.2, 0) is 11.3 Å². The molecule has 0 atom stereocenters. The largest absolute Gasteiger partial charge is 0.484 e. The van der Waals surface area contributed by atoms with E-state index in [-0.39, 0.29) is 12.5 Å². The molecular weight excluding hydrogens is 386 g/mol. The molecule has 1 fully saturated rings. The van der Waals surface area contributed by atoms with Gasteiger partial charge in [-0.05, 0) is 62.3 Å². The Balaban J connectivity index is 1.22. The monoisotopic (exact) mass is 409 g/mol. The summed E-state index contributed by atoms with van der Waals surface area (Å²) in [5.41, 5.74) is 1.00. The number of hydrogen-bond donors (Lipinski definition) is 1. The summed E-state index contributed by atoms with van der Waals surface area (Å²) in [7, 11) is 0. The van der Waals surface area contributed by atoms with Gasteiger partial charge in [-0.25, -0.2) is 4.98 Å². The van der Waals surface area contributed by atoms with E-state index in [1.165, 1.54) is 24.2 Å². The average Bonchev–Trinajstić information content (AvgIpc) is 3.41. The molecule has 1 amide bonds. The summed E-state index contributed by atoms with van der Waals surface area (Å²) in [6, 6.07) is 16.7. The van der Waals surface area contributed by atoms with Gasteiger partial charge in [-0.1, -0.05) is 18.2 Å². The first kappa shape index (κ1) is 19.4. The number of likely N-dealkylation sites (tertiary alicyclic amines) is 1. The van der Waals surface area contributed by atoms with Crippen molar-refractivity contribution in [2.24, 2.45) is 0 Å². The van der Waals surface area contributed by atoms with Gasteiger partial charge in [-0.3, -0.25) is 15.0 Å². The number of benzene rings is 2. The third kappa shape index (κ3) is 5.79. The smallest absolute Gasteiger partial charge is 0.264 e. The maximum absolute atomic E-state index is 12.1. The number of para-hydroxylation sites is 1. The molecule has 0 bridgehead atoms. The van der Waals surface area contributed by atoms with Crippen molar-refractivity contribution in [2.45, 2.75) is 19.4 Å². The second-order valence-corrected chi connectivity index (χ2v) is 7.71. The summed E-state index contributed by atoms with van der Waals surface area (Å²) in [6.45, 7) is 3.03. The van der Waals surface area contributed by atoms with Gasteiger partial charge in [0.25, 0.3) is 5.91 Å². The highest BCUT2D eigenvalue weighted by Crippen LogP contribution is 2.23. The highest BCUT2D eigenvalue weighted by Gasteiger charge is 2.14. The first-order valence-corrected chi connectivity index (χ1v) is 10.5. The van der Waals surface area contributed by atoms with Crippen LogP contribution in [0.25, 0.3) is 0 Å². The molecule has 150 valence electrons. The van der Waals surface area contributed by atoms with Gasteiger partial charge < -0.3 is 9.47 Å². The fraction of sp³-hybridized carbons (Fsp3) is 0.273. The maximum atomic E-state index is 12.1. The van der Waals surface area contributed by atoms with Gasteiger partial charge in [0, 0.05) is 11.9 Å². The van der Waals surface area contributed by atoms with E-state index in [4.69, 9.17) is 9.47 Å². The van der Waals surface area contributed by atoms with Gasteiger partial charge >= 0.3 is 0 Å². The molecule has 0 spiro atoms. The number of nitrogens with zero attached hydrogens (tertiary/aromatic N) is 2. The molecule has 2 heterocycles. The van der Waals surface area contributed by atoms with Crippen LogP contribution in [0.1, 0.15) is 18.5 Å². The number of anilines is 1. The number of thiazole rings is 1. The zero-order valence-corrected chi connectivity index (χ0v) is 16.9. The first-order chi connectivity index (χ1) is 14.2. The molecule has 1 N–H and O–H groups in total. The third-order valence-corrected chi connectivity index (χ3v) is 5.36. The molecule has 4 rings (SSSR count). The zero-order valence-electron chi connectivity index (χ0n) is 16.0. The number of aromatic nitrogens is 1. The summed E-state index contributed by atoms with van der Waals surface area (Å²) in [4.78, 5) is 19.0. The fourth-order valence-electron chi connectivity index (χ4n) is 3.14. The Hall–Kier alpha value is -2.90. The number of nitrogens with one attached hydrogen (secondary N) is 1. The number of ether oxygens (including phenoxy) is 2. The van der Waals surface area contributed by atoms with Gasteiger partial charge in [0.15, 0.2) is 11.7 Å². The van der Waals surface area contributed by atoms with E-state index in [0.717, 1.165) is 31.1 Å². The number of hydrogen-bond acceptors (Lipinski definition) is 6. The van der Waals surface area contributed by atoms with Crippen molar-refractivity contribution in [3.8, 4) is 17.2 Å². The molecule has 7 heteroatoms. The van der Waals surface area contributed by atoms with Crippen molar-refractivity contribution in [3.05, 3.63) is 65.7 Å². The first-order valence-electron chi connectivity index (χ1n) is 9.67. The molecule has 1 saturated heterocycles. The molecule has 2 aromatic carbocycles. The lowest BCUT2D eigenvalue weighted by Crippen LogP contribution is -2.20. The molecule has 29 heavy (non-hydrogen) atoms. The Morgan fingerprint density at radius 2 is 1.69 bits per heavy atom. The molecule has 3 aromatic rings. The number of carbonyl (C=O) groups excluding carboxylic acids is 1. The van der Waals surface area contributed by atoms with Crippen molar-refractivity contribution in [1.29, 1.82) is 0 Å². The Kier molecular flexibility index (Phi) is 6.38. The van der Waals surface area contributed by atoms with E-state index in [2.05, 4.69) is 15.2 Å². The summed E-state index contributed by atoms with van der Waals surface area (Å²) >= 11 is 1.44. The van der Waals surface area contributed by atoms with E-state index >= 15 is 0 Å². The van der Waals surface area contributed by atoms with Crippen molar-refractivity contribution < 1.29 is 14.3 Å². The lowest BCUT2D eigenvalue weighted by atomic mass is 10.3. The molecule has 1 aromatic heterocycles. The zero-order chi connectivity index (χ0) is 19.9. The summed E-state index contributed by atoms with van der Waals surface area (Å²) in [5, 5.41) is 5.41. The van der Waals surface area contributed by atoms with E-state index in [1.54, 1.807) is 12.1 Å². The minimum absolute atomic E-state index is 0.0695. The Bertz CT molecular complexity index is 922. The number of amides is 1. The van der Waals surface area contributed by atoms with Gasteiger partial charge in [0.2, 0.25) is 0 Å². The van der Waals surface area contributed by atoms with Crippen LogP contribution in [0.2, 0.25) is 0 Å². The second kappa shape index (κ2) is 9.54. The summed E-state index contributed by atoms with van der Waals surface area (Å²) < 4.78 is 11.3. The predicted octanol–water partition coefficient (Wildman–Crippen LogP) is 4.55. The highest BCUT2D eigenvalue weighted by atomic mass is 32.1. The maximum Gasteiger partial charge on any atom is 0.264 e. The van der Waals surface area contributed by atoms with Gasteiger partial charge in [0.1, 0.15) is 17.2 Å². The Labute approximate surface area is 174 Å². The molecule has 0 aliphatic carbocycles. The SMILES string of the molecule is O=C(COc1ccc(Oc2ccccc2)cc1)Nc1nc(CN2CCCC2)cs1. The molecule has 6 nitrogen and oxygen atoms in total. The second-order valence-electron chi connectivity index (χ2n) is 6.85. The van der Waals surface area contributed by atoms with Crippen molar-refractivity contribution in [3.63, 3.8) is 0 Å². The number of carbonyl (C=O) groups is 1. The quantitative estimate of drug-likeness (QED) is 0.591. The van der Waals surface area contributed by atoms with Crippen LogP contribution in [-0.4, -0.2) is 35.5 Å². The van der Waals surface area contributed by atoms with Crippen LogP contribution in [0.4, 0.5) is 5.13 Å². The lowest BCUT2D eigenvalue weighted by Gasteiger charge is -2.11. The van der Waals surface area contributed by atoms with Gasteiger partial charge in [-0.2, -0.15) is 0 Å². The minimum atomic E-state index is -0.225. The molecule has 0 saturated carbocycles.